The number of methoxy groups -OCH3 is 2. The van der Waals surface area contributed by atoms with E-state index in [-0.39, 0.29) is 5.91 Å². The van der Waals surface area contributed by atoms with Gasteiger partial charge >= 0.3 is 0 Å². The Hall–Kier alpha value is -2.57. The first kappa shape index (κ1) is 19.2. The van der Waals surface area contributed by atoms with Crippen molar-refractivity contribution in [2.75, 3.05) is 45.8 Å². The van der Waals surface area contributed by atoms with Crippen molar-refractivity contribution < 1.29 is 19.0 Å². The Labute approximate surface area is 160 Å². The summed E-state index contributed by atoms with van der Waals surface area (Å²) in [4.78, 5) is 15.0. The SMILES string of the molecule is COc1cc(C)c(NC(=O)c2ccc(CN3CCOCC3)cc2)cc1OC. The molecule has 6 nitrogen and oxygen atoms in total. The highest BCUT2D eigenvalue weighted by atomic mass is 16.5. The molecule has 0 atom stereocenters. The van der Waals surface area contributed by atoms with Gasteiger partial charge in [0.15, 0.2) is 11.5 Å². The van der Waals surface area contributed by atoms with E-state index in [1.54, 1.807) is 20.3 Å². The van der Waals surface area contributed by atoms with Crippen molar-refractivity contribution in [1.82, 2.24) is 4.90 Å². The lowest BCUT2D eigenvalue weighted by Crippen LogP contribution is -2.35. The molecule has 0 spiro atoms. The molecule has 144 valence electrons. The van der Waals surface area contributed by atoms with E-state index >= 15 is 0 Å². The maximum Gasteiger partial charge on any atom is 0.255 e. The fraction of sp³-hybridized carbons (Fsp3) is 0.381. The molecule has 2 aromatic rings. The van der Waals surface area contributed by atoms with Crippen LogP contribution < -0.4 is 14.8 Å². The Morgan fingerprint density at radius 3 is 2.33 bits per heavy atom. The minimum absolute atomic E-state index is 0.150. The van der Waals surface area contributed by atoms with Crippen molar-refractivity contribution in [2.24, 2.45) is 0 Å². The summed E-state index contributed by atoms with van der Waals surface area (Å²) in [5, 5.41) is 2.95. The molecule has 1 fully saturated rings. The summed E-state index contributed by atoms with van der Waals surface area (Å²) in [5.74, 6) is 1.07. The zero-order valence-electron chi connectivity index (χ0n) is 16.1. The summed E-state index contributed by atoms with van der Waals surface area (Å²) in [6.45, 7) is 6.25. The monoisotopic (exact) mass is 370 g/mol. The summed E-state index contributed by atoms with van der Waals surface area (Å²) in [6.07, 6.45) is 0. The van der Waals surface area contributed by atoms with Crippen LogP contribution in [0.25, 0.3) is 0 Å². The Morgan fingerprint density at radius 1 is 1.07 bits per heavy atom. The Bertz CT molecular complexity index is 784. The maximum atomic E-state index is 12.6. The number of carbonyl (C=O) groups excluding carboxylic acids is 1. The van der Waals surface area contributed by atoms with E-state index in [0.717, 1.165) is 38.4 Å². The molecule has 6 heteroatoms. The number of nitrogens with one attached hydrogen (secondary N) is 1. The lowest BCUT2D eigenvalue weighted by atomic mass is 10.1. The molecule has 1 aliphatic heterocycles. The van der Waals surface area contributed by atoms with Crippen molar-refractivity contribution in [3.63, 3.8) is 0 Å². The van der Waals surface area contributed by atoms with Crippen LogP contribution in [0.15, 0.2) is 36.4 Å². The van der Waals surface area contributed by atoms with E-state index in [0.29, 0.717) is 22.7 Å². The molecule has 1 amide bonds. The van der Waals surface area contributed by atoms with Crippen molar-refractivity contribution in [2.45, 2.75) is 13.5 Å². The molecule has 27 heavy (non-hydrogen) atoms. The second-order valence-electron chi connectivity index (χ2n) is 6.56. The van der Waals surface area contributed by atoms with Gasteiger partial charge in [0.25, 0.3) is 5.91 Å². The molecule has 1 heterocycles. The molecule has 0 bridgehead atoms. The van der Waals surface area contributed by atoms with Crippen LogP contribution in [0, 0.1) is 6.92 Å². The Morgan fingerprint density at radius 2 is 1.70 bits per heavy atom. The Balaban J connectivity index is 1.67. The minimum atomic E-state index is -0.150. The fourth-order valence-corrected chi connectivity index (χ4v) is 3.09. The number of amides is 1. The van der Waals surface area contributed by atoms with Crippen LogP contribution in [0.4, 0.5) is 5.69 Å². The summed E-state index contributed by atoms with van der Waals surface area (Å²) in [7, 11) is 3.17. The molecule has 0 unspecified atom stereocenters. The fourth-order valence-electron chi connectivity index (χ4n) is 3.09. The second-order valence-corrected chi connectivity index (χ2v) is 6.56. The lowest BCUT2D eigenvalue weighted by Gasteiger charge is -2.26. The number of rotatable bonds is 6. The number of aryl methyl sites for hydroxylation is 1. The number of hydrogen-bond acceptors (Lipinski definition) is 5. The molecule has 2 aromatic carbocycles. The molecule has 1 saturated heterocycles. The smallest absolute Gasteiger partial charge is 0.255 e. The van der Waals surface area contributed by atoms with Gasteiger partial charge in [-0.1, -0.05) is 12.1 Å². The van der Waals surface area contributed by atoms with Gasteiger partial charge in [0.05, 0.1) is 27.4 Å². The molecular formula is C21H26N2O4. The van der Waals surface area contributed by atoms with E-state index in [2.05, 4.69) is 10.2 Å². The number of ether oxygens (including phenoxy) is 3. The molecule has 0 saturated carbocycles. The van der Waals surface area contributed by atoms with Crippen molar-refractivity contribution in [3.05, 3.63) is 53.1 Å². The van der Waals surface area contributed by atoms with Gasteiger partial charge < -0.3 is 19.5 Å². The van der Waals surface area contributed by atoms with Crippen LogP contribution in [0.2, 0.25) is 0 Å². The molecule has 3 rings (SSSR count). The van der Waals surface area contributed by atoms with Gasteiger partial charge in [0, 0.05) is 37.0 Å². The van der Waals surface area contributed by atoms with Crippen molar-refractivity contribution in [3.8, 4) is 11.5 Å². The molecule has 0 aliphatic carbocycles. The van der Waals surface area contributed by atoms with E-state index in [1.807, 2.05) is 37.3 Å². The highest BCUT2D eigenvalue weighted by Gasteiger charge is 2.14. The number of anilines is 1. The number of carbonyl (C=O) groups is 1. The first-order valence-electron chi connectivity index (χ1n) is 9.03. The third kappa shape index (κ3) is 4.78. The molecule has 1 aliphatic rings. The zero-order chi connectivity index (χ0) is 19.2. The molecular weight excluding hydrogens is 344 g/mol. The number of benzene rings is 2. The maximum absolute atomic E-state index is 12.6. The van der Waals surface area contributed by atoms with Gasteiger partial charge in [0.1, 0.15) is 0 Å². The van der Waals surface area contributed by atoms with Gasteiger partial charge in [-0.25, -0.2) is 0 Å². The van der Waals surface area contributed by atoms with Gasteiger partial charge in [-0.2, -0.15) is 0 Å². The average molecular weight is 370 g/mol. The summed E-state index contributed by atoms with van der Waals surface area (Å²) in [5.41, 5.74) is 3.42. The Kier molecular flexibility index (Phi) is 6.32. The summed E-state index contributed by atoms with van der Waals surface area (Å²) >= 11 is 0. The number of hydrogen-bond donors (Lipinski definition) is 1. The van der Waals surface area contributed by atoms with Crippen LogP contribution in [0.5, 0.6) is 11.5 Å². The third-order valence-corrected chi connectivity index (χ3v) is 4.70. The van der Waals surface area contributed by atoms with Crippen LogP contribution in [-0.4, -0.2) is 51.3 Å². The molecule has 0 radical (unpaired) electrons. The van der Waals surface area contributed by atoms with Crippen molar-refractivity contribution in [1.29, 1.82) is 0 Å². The number of nitrogens with zero attached hydrogens (tertiary/aromatic N) is 1. The van der Waals surface area contributed by atoms with Crippen LogP contribution >= 0.6 is 0 Å². The minimum Gasteiger partial charge on any atom is -0.493 e. The van der Waals surface area contributed by atoms with Crippen LogP contribution in [0.3, 0.4) is 0 Å². The highest BCUT2D eigenvalue weighted by Crippen LogP contribution is 2.33. The van der Waals surface area contributed by atoms with Gasteiger partial charge in [-0.15, -0.1) is 0 Å². The van der Waals surface area contributed by atoms with E-state index in [4.69, 9.17) is 14.2 Å². The van der Waals surface area contributed by atoms with E-state index in [1.165, 1.54) is 5.56 Å². The largest absolute Gasteiger partial charge is 0.493 e. The summed E-state index contributed by atoms with van der Waals surface area (Å²) < 4.78 is 16.0. The molecule has 1 N–H and O–H groups in total. The summed E-state index contributed by atoms with van der Waals surface area (Å²) in [6, 6.07) is 11.4. The second kappa shape index (κ2) is 8.88. The standard InChI is InChI=1S/C21H26N2O4/c1-15-12-19(25-2)20(26-3)13-18(15)22-21(24)17-6-4-16(5-7-17)14-23-8-10-27-11-9-23/h4-7,12-13H,8-11,14H2,1-3H3,(H,22,24). The quantitative estimate of drug-likeness (QED) is 0.847. The number of morpholine rings is 1. The predicted octanol–water partition coefficient (Wildman–Crippen LogP) is 3.10. The average Bonchev–Trinajstić information content (AvgIpc) is 2.70. The normalized spacial score (nSPS) is 14.6. The van der Waals surface area contributed by atoms with Crippen LogP contribution in [-0.2, 0) is 11.3 Å². The van der Waals surface area contributed by atoms with E-state index < -0.39 is 0 Å². The zero-order valence-corrected chi connectivity index (χ0v) is 16.1. The van der Waals surface area contributed by atoms with E-state index in [9.17, 15) is 4.79 Å². The van der Waals surface area contributed by atoms with Gasteiger partial charge in [-0.05, 0) is 36.2 Å². The predicted molar refractivity (Wildman–Crippen MR) is 105 cm³/mol. The first-order chi connectivity index (χ1) is 13.1. The lowest BCUT2D eigenvalue weighted by molar-refractivity contribution is 0.0342. The highest BCUT2D eigenvalue weighted by molar-refractivity contribution is 6.04. The van der Waals surface area contributed by atoms with Crippen LogP contribution in [0.1, 0.15) is 21.5 Å². The van der Waals surface area contributed by atoms with Gasteiger partial charge in [0.2, 0.25) is 0 Å². The molecule has 0 aromatic heterocycles. The topological polar surface area (TPSA) is 60.0 Å². The third-order valence-electron chi connectivity index (χ3n) is 4.70. The first-order valence-corrected chi connectivity index (χ1v) is 9.03. The van der Waals surface area contributed by atoms with Crippen molar-refractivity contribution >= 4 is 11.6 Å². The van der Waals surface area contributed by atoms with Gasteiger partial charge in [-0.3, -0.25) is 9.69 Å².